The Balaban J connectivity index is 0.996. The normalized spacial score (nSPS) is 11.6. The molecule has 0 unspecified atom stereocenters. The lowest BCUT2D eigenvalue weighted by Crippen LogP contribution is -2.16. The minimum absolute atomic E-state index is 0.840. The maximum Gasteiger partial charge on any atom is 0.135 e. The first-order chi connectivity index (χ1) is 47.1. The summed E-state index contributed by atoms with van der Waals surface area (Å²) in [5.41, 5.74) is 25.2. The molecule has 0 atom stereocenters. The molecule has 0 saturated carbocycles. The molecule has 0 saturated heterocycles. The first-order valence-corrected chi connectivity index (χ1v) is 32.5. The van der Waals surface area contributed by atoms with Crippen LogP contribution in [-0.4, -0.2) is 9.13 Å². The van der Waals surface area contributed by atoms with Gasteiger partial charge in [-0.1, -0.05) is 267 Å². The Bertz CT molecular complexity index is 5740. The Kier molecular flexibility index (Phi) is 13.5. The Morgan fingerprint density at radius 1 is 0.200 bits per heavy atom. The van der Waals surface area contributed by atoms with Gasteiger partial charge in [-0.3, -0.25) is 0 Å². The Hall–Kier alpha value is -12.7. The second kappa shape index (κ2) is 23.2. The number of anilines is 6. The van der Waals surface area contributed by atoms with Gasteiger partial charge >= 0.3 is 0 Å². The highest BCUT2D eigenvalue weighted by atomic mass is 16.3. The quantitative estimate of drug-likeness (QED) is 0.115. The van der Waals surface area contributed by atoms with E-state index in [0.29, 0.717) is 0 Å². The Morgan fingerprint density at radius 2 is 0.589 bits per heavy atom. The SMILES string of the molecule is c1ccc(-c2cccc(-c3ccccc3)c2N(c2cc(-c3ccc4oc5ccccc5c4c3)cc(N(c3ccc4c5ccccc5n(-c5ccccc5)c4c3)c3c(-c4ccccc4)cccc3-c3ccccc3)c2)c2cccc(-n3c4ccccc4c4ccccc43)c2)cc1. The zero-order valence-corrected chi connectivity index (χ0v) is 51.8. The van der Waals surface area contributed by atoms with Crippen molar-refractivity contribution in [2.75, 3.05) is 9.80 Å². The average molecular weight is 1210 g/mol. The molecule has 15 aromatic carbocycles. The second-order valence-electron chi connectivity index (χ2n) is 24.4. The first-order valence-electron chi connectivity index (χ1n) is 32.5. The van der Waals surface area contributed by atoms with Crippen molar-refractivity contribution in [1.82, 2.24) is 9.13 Å². The number of rotatable bonds is 13. The molecule has 446 valence electrons. The van der Waals surface area contributed by atoms with Crippen LogP contribution in [0.5, 0.6) is 0 Å². The van der Waals surface area contributed by atoms with E-state index >= 15 is 0 Å². The van der Waals surface area contributed by atoms with Crippen molar-refractivity contribution in [1.29, 1.82) is 0 Å². The van der Waals surface area contributed by atoms with E-state index in [9.17, 15) is 0 Å². The lowest BCUT2D eigenvalue weighted by Gasteiger charge is -2.34. The molecule has 0 N–H and O–H groups in total. The Morgan fingerprint density at radius 3 is 1.09 bits per heavy atom. The van der Waals surface area contributed by atoms with Gasteiger partial charge in [-0.15, -0.1) is 0 Å². The van der Waals surface area contributed by atoms with Crippen LogP contribution in [0.25, 0.3) is 133 Å². The third-order valence-electron chi connectivity index (χ3n) is 18.8. The van der Waals surface area contributed by atoms with Crippen molar-refractivity contribution in [2.45, 2.75) is 0 Å². The van der Waals surface area contributed by atoms with Crippen LogP contribution in [0.1, 0.15) is 0 Å². The largest absolute Gasteiger partial charge is 0.456 e. The third-order valence-corrected chi connectivity index (χ3v) is 18.8. The summed E-state index contributed by atoms with van der Waals surface area (Å²) in [7, 11) is 0. The predicted molar refractivity (Wildman–Crippen MR) is 399 cm³/mol. The van der Waals surface area contributed by atoms with Crippen molar-refractivity contribution >= 4 is 99.7 Å². The van der Waals surface area contributed by atoms with Crippen LogP contribution in [-0.2, 0) is 0 Å². The number of benzene rings is 15. The molecule has 0 spiro atoms. The molecule has 18 aromatic rings. The molecule has 0 radical (unpaired) electrons. The molecule has 3 aromatic heterocycles. The molecule has 0 aliphatic rings. The minimum atomic E-state index is 0.840. The van der Waals surface area contributed by atoms with Crippen LogP contribution in [0.15, 0.2) is 368 Å². The van der Waals surface area contributed by atoms with E-state index in [1.165, 1.54) is 21.5 Å². The summed E-state index contributed by atoms with van der Waals surface area (Å²) in [5.74, 6) is 0. The van der Waals surface area contributed by atoms with E-state index in [4.69, 9.17) is 4.42 Å². The molecule has 5 nitrogen and oxygen atoms in total. The molecule has 0 bridgehead atoms. The Labute approximate surface area is 550 Å². The van der Waals surface area contributed by atoms with E-state index < -0.39 is 0 Å². The number of hydrogen-bond acceptors (Lipinski definition) is 3. The molecule has 95 heavy (non-hydrogen) atoms. The molecule has 0 amide bonds. The van der Waals surface area contributed by atoms with Crippen LogP contribution in [0.3, 0.4) is 0 Å². The average Bonchev–Trinajstić information content (AvgIpc) is 1.40. The van der Waals surface area contributed by atoms with E-state index in [1.54, 1.807) is 0 Å². The predicted octanol–water partition coefficient (Wildman–Crippen LogP) is 25.1. The minimum Gasteiger partial charge on any atom is -0.456 e. The molecule has 0 aliphatic carbocycles. The van der Waals surface area contributed by atoms with Crippen LogP contribution in [0.4, 0.5) is 34.1 Å². The maximum absolute atomic E-state index is 6.59. The molecule has 3 heterocycles. The number of aromatic nitrogens is 2. The van der Waals surface area contributed by atoms with Crippen molar-refractivity contribution < 1.29 is 4.42 Å². The van der Waals surface area contributed by atoms with E-state index in [1.807, 2.05) is 6.07 Å². The monoisotopic (exact) mass is 1210 g/mol. The fourth-order valence-corrected chi connectivity index (χ4v) is 14.6. The van der Waals surface area contributed by atoms with Gasteiger partial charge < -0.3 is 23.4 Å². The standard InChI is InChI=1S/C90H60N4O/c1-6-27-61(28-7-1)73-43-25-44-74(62-29-8-2-9-30-62)89(73)91(68-37-24-38-69(58-68)94-84-48-21-16-39-77(84)78-40-17-22-49-85(78)94)71-55-66(65-51-54-88-82(57-65)81-42-19-23-50-87(81)95-88)56-72(59-71)92(90-75(63-31-10-3-11-32-63)45-26-46-76(90)64-33-12-4-13-34-64)70-52-53-80-79-41-18-20-47-83(79)93(86(80)60-70)67-35-14-5-15-36-67/h1-60H. The fraction of sp³-hybridized carbons (Fsp3) is 0. The summed E-state index contributed by atoms with van der Waals surface area (Å²) in [6, 6.07) is 133. The molecule has 18 rings (SSSR count). The zero-order chi connectivity index (χ0) is 62.8. The van der Waals surface area contributed by atoms with Gasteiger partial charge in [-0.05, 0) is 130 Å². The highest BCUT2D eigenvalue weighted by Gasteiger charge is 2.29. The molecular weight excluding hydrogens is 1150 g/mol. The fourth-order valence-electron chi connectivity index (χ4n) is 14.6. The van der Waals surface area contributed by atoms with Gasteiger partial charge in [0.05, 0.1) is 33.4 Å². The topological polar surface area (TPSA) is 29.5 Å². The van der Waals surface area contributed by atoms with Gasteiger partial charge in [0.25, 0.3) is 0 Å². The summed E-state index contributed by atoms with van der Waals surface area (Å²) in [4.78, 5) is 5.08. The van der Waals surface area contributed by atoms with E-state index in [0.717, 1.165) is 145 Å². The van der Waals surface area contributed by atoms with E-state index in [-0.39, 0.29) is 0 Å². The van der Waals surface area contributed by atoms with Gasteiger partial charge in [-0.2, -0.15) is 0 Å². The molecule has 0 fully saturated rings. The van der Waals surface area contributed by atoms with Gasteiger partial charge in [0, 0.05) is 88.7 Å². The van der Waals surface area contributed by atoms with Crippen molar-refractivity contribution in [3.05, 3.63) is 364 Å². The number of fused-ring (bicyclic) bond motifs is 9. The van der Waals surface area contributed by atoms with Gasteiger partial charge in [0.15, 0.2) is 0 Å². The molecular formula is C90H60N4O. The van der Waals surface area contributed by atoms with Crippen LogP contribution in [0, 0.1) is 0 Å². The number of hydrogen-bond donors (Lipinski definition) is 0. The summed E-state index contributed by atoms with van der Waals surface area (Å²) >= 11 is 0. The third kappa shape index (κ3) is 9.56. The molecule has 5 heteroatoms. The van der Waals surface area contributed by atoms with E-state index in [2.05, 4.69) is 377 Å². The lowest BCUT2D eigenvalue weighted by molar-refractivity contribution is 0.669. The van der Waals surface area contributed by atoms with Gasteiger partial charge in [0.2, 0.25) is 0 Å². The summed E-state index contributed by atoms with van der Waals surface area (Å²) < 4.78 is 11.4. The molecule has 0 aliphatic heterocycles. The first kappa shape index (κ1) is 55.2. The van der Waals surface area contributed by atoms with Gasteiger partial charge in [-0.25, -0.2) is 0 Å². The summed E-state index contributed by atoms with van der Waals surface area (Å²) in [5, 5.41) is 6.90. The van der Waals surface area contributed by atoms with Gasteiger partial charge in [0.1, 0.15) is 11.2 Å². The zero-order valence-electron chi connectivity index (χ0n) is 51.8. The highest BCUT2D eigenvalue weighted by molar-refractivity contribution is 6.13. The van der Waals surface area contributed by atoms with Crippen LogP contribution < -0.4 is 9.80 Å². The number of nitrogens with zero attached hydrogens (tertiary/aromatic N) is 4. The summed E-state index contributed by atoms with van der Waals surface area (Å²) in [6.45, 7) is 0. The number of para-hydroxylation sites is 7. The number of furan rings is 1. The highest BCUT2D eigenvalue weighted by Crippen LogP contribution is 2.53. The lowest BCUT2D eigenvalue weighted by atomic mass is 9.93. The van der Waals surface area contributed by atoms with Crippen molar-refractivity contribution in [2.24, 2.45) is 0 Å². The van der Waals surface area contributed by atoms with Crippen molar-refractivity contribution in [3.8, 4) is 67.0 Å². The van der Waals surface area contributed by atoms with Crippen molar-refractivity contribution in [3.63, 3.8) is 0 Å². The summed E-state index contributed by atoms with van der Waals surface area (Å²) in [6.07, 6.45) is 0. The smallest absolute Gasteiger partial charge is 0.135 e. The van der Waals surface area contributed by atoms with Crippen LogP contribution in [0.2, 0.25) is 0 Å². The maximum atomic E-state index is 6.59. The second-order valence-corrected chi connectivity index (χ2v) is 24.4. The van der Waals surface area contributed by atoms with Crippen LogP contribution >= 0.6 is 0 Å².